The van der Waals surface area contributed by atoms with E-state index in [1.54, 1.807) is 26.1 Å². The van der Waals surface area contributed by atoms with Crippen molar-refractivity contribution in [1.29, 1.82) is 0 Å². The Morgan fingerprint density at radius 1 is 1.30 bits per heavy atom. The van der Waals surface area contributed by atoms with Gasteiger partial charge in [-0.3, -0.25) is 9.36 Å². The van der Waals surface area contributed by atoms with Crippen molar-refractivity contribution in [3.8, 4) is 5.75 Å². The third-order valence-corrected chi connectivity index (χ3v) is 2.52. The van der Waals surface area contributed by atoms with Crippen LogP contribution in [-0.2, 0) is 13.7 Å². The number of hydrogen-bond donors (Lipinski definition) is 0. The van der Waals surface area contributed by atoms with Gasteiger partial charge < -0.3 is 4.74 Å². The number of nitrogens with zero attached hydrogens (tertiary/aromatic N) is 2. The normalized spacial score (nSPS) is 9.65. The molecule has 0 saturated carbocycles. The summed E-state index contributed by atoms with van der Waals surface area (Å²) in [4.78, 5) is 15.7. The van der Waals surface area contributed by atoms with E-state index in [0.717, 1.165) is 0 Å². The highest BCUT2D eigenvalue weighted by atomic mass is 19.1. The Morgan fingerprint density at radius 2 is 2.00 bits per heavy atom. The molecule has 1 heterocycles. The molecule has 0 aliphatic rings. The van der Waals surface area contributed by atoms with Crippen LogP contribution in [-0.4, -0.2) is 9.55 Å². The monoisotopic (exact) mass is 278 g/mol. The van der Waals surface area contributed by atoms with Gasteiger partial charge >= 0.3 is 0 Å². The van der Waals surface area contributed by atoms with Gasteiger partial charge in [0.05, 0.1) is 0 Å². The fourth-order valence-electron chi connectivity index (χ4n) is 1.55. The molecule has 0 N–H and O–H groups in total. The Morgan fingerprint density at radius 3 is 2.65 bits per heavy atom. The van der Waals surface area contributed by atoms with E-state index >= 15 is 0 Å². The molecule has 0 atom stereocenters. The first-order valence-corrected chi connectivity index (χ1v) is 6.48. The van der Waals surface area contributed by atoms with E-state index in [1.807, 2.05) is 13.8 Å². The van der Waals surface area contributed by atoms with Crippen LogP contribution < -0.4 is 10.3 Å². The maximum Gasteiger partial charge on any atom is 0.253 e. The lowest BCUT2D eigenvalue weighted by Gasteiger charge is -2.09. The minimum atomic E-state index is -0.362. The summed E-state index contributed by atoms with van der Waals surface area (Å²) in [5, 5.41) is 0. The Kier molecular flexibility index (Phi) is 5.90. The third kappa shape index (κ3) is 4.19. The molecule has 20 heavy (non-hydrogen) atoms. The number of benzene rings is 1. The Bertz CT molecular complexity index is 624. The van der Waals surface area contributed by atoms with E-state index in [-0.39, 0.29) is 18.0 Å². The molecule has 1 aromatic carbocycles. The number of ether oxygens (including phenoxy) is 1. The molecule has 0 aliphatic carbocycles. The SMILES string of the molecule is CC.Cc1cc(=O)n(C)c(COc2cccc(F)c2)n1. The predicted molar refractivity (Wildman–Crippen MR) is 76.3 cm³/mol. The summed E-state index contributed by atoms with van der Waals surface area (Å²) in [6, 6.07) is 7.29. The molecule has 0 bridgehead atoms. The molecule has 0 aliphatic heterocycles. The fraction of sp³-hybridized carbons (Fsp3) is 0.333. The molecule has 5 heteroatoms. The molecule has 4 nitrogen and oxygen atoms in total. The van der Waals surface area contributed by atoms with Gasteiger partial charge in [0, 0.05) is 24.9 Å². The predicted octanol–water partition coefficient (Wildman–Crippen LogP) is 2.83. The Balaban J connectivity index is 0.000000956. The highest BCUT2D eigenvalue weighted by Gasteiger charge is 2.04. The largest absolute Gasteiger partial charge is 0.486 e. The summed E-state index contributed by atoms with van der Waals surface area (Å²) in [5.41, 5.74) is 0.497. The van der Waals surface area contributed by atoms with Crippen molar-refractivity contribution in [2.24, 2.45) is 7.05 Å². The molecule has 0 fully saturated rings. The quantitative estimate of drug-likeness (QED) is 0.867. The van der Waals surface area contributed by atoms with E-state index in [4.69, 9.17) is 4.74 Å². The zero-order chi connectivity index (χ0) is 15.1. The average Bonchev–Trinajstić information content (AvgIpc) is 2.43. The van der Waals surface area contributed by atoms with Crippen molar-refractivity contribution in [3.05, 3.63) is 58.0 Å². The van der Waals surface area contributed by atoms with Crippen LogP contribution in [0, 0.1) is 12.7 Å². The van der Waals surface area contributed by atoms with Crippen molar-refractivity contribution < 1.29 is 9.13 Å². The lowest BCUT2D eigenvalue weighted by molar-refractivity contribution is 0.287. The summed E-state index contributed by atoms with van der Waals surface area (Å²) in [6.07, 6.45) is 0. The minimum Gasteiger partial charge on any atom is -0.486 e. The summed E-state index contributed by atoms with van der Waals surface area (Å²) >= 11 is 0. The summed E-state index contributed by atoms with van der Waals surface area (Å²) in [5.74, 6) is 0.550. The van der Waals surface area contributed by atoms with Gasteiger partial charge in [-0.05, 0) is 19.1 Å². The van der Waals surface area contributed by atoms with Crippen LogP contribution in [0.1, 0.15) is 25.4 Å². The first-order valence-electron chi connectivity index (χ1n) is 6.48. The van der Waals surface area contributed by atoms with Crippen LogP contribution in [0.15, 0.2) is 35.1 Å². The molecule has 0 amide bonds. The zero-order valence-corrected chi connectivity index (χ0v) is 12.2. The van der Waals surface area contributed by atoms with Gasteiger partial charge in [0.15, 0.2) is 0 Å². The molecule has 108 valence electrons. The Hall–Kier alpha value is -2.17. The lowest BCUT2D eigenvalue weighted by atomic mass is 10.3. The Labute approximate surface area is 117 Å². The van der Waals surface area contributed by atoms with Crippen molar-refractivity contribution in [2.75, 3.05) is 0 Å². The number of hydrogen-bond acceptors (Lipinski definition) is 3. The second kappa shape index (κ2) is 7.43. The van der Waals surface area contributed by atoms with E-state index < -0.39 is 0 Å². The summed E-state index contributed by atoms with van der Waals surface area (Å²) in [6.45, 7) is 5.87. The van der Waals surface area contributed by atoms with Gasteiger partial charge in [0.25, 0.3) is 5.56 Å². The van der Waals surface area contributed by atoms with E-state index in [1.165, 1.54) is 22.8 Å². The molecule has 0 spiro atoms. The fourth-order valence-corrected chi connectivity index (χ4v) is 1.55. The maximum absolute atomic E-state index is 12.9. The van der Waals surface area contributed by atoms with Crippen LogP contribution in [0.2, 0.25) is 0 Å². The van der Waals surface area contributed by atoms with Crippen LogP contribution in [0.5, 0.6) is 5.75 Å². The molecule has 0 radical (unpaired) electrons. The molecule has 0 saturated heterocycles. The van der Waals surface area contributed by atoms with Crippen molar-refractivity contribution in [1.82, 2.24) is 9.55 Å². The van der Waals surface area contributed by atoms with Crippen LogP contribution in [0.25, 0.3) is 0 Å². The zero-order valence-electron chi connectivity index (χ0n) is 12.2. The molecular formula is C15H19FN2O2. The lowest BCUT2D eigenvalue weighted by Crippen LogP contribution is -2.23. The van der Waals surface area contributed by atoms with Gasteiger partial charge in [0.2, 0.25) is 0 Å². The molecular weight excluding hydrogens is 259 g/mol. The van der Waals surface area contributed by atoms with Crippen LogP contribution in [0.3, 0.4) is 0 Å². The third-order valence-electron chi connectivity index (χ3n) is 2.52. The minimum absolute atomic E-state index is 0.122. The number of aromatic nitrogens is 2. The highest BCUT2D eigenvalue weighted by molar-refractivity contribution is 5.22. The molecule has 2 rings (SSSR count). The summed E-state index contributed by atoms with van der Waals surface area (Å²) < 4.78 is 19.8. The maximum atomic E-state index is 12.9. The number of rotatable bonds is 3. The second-order valence-corrected chi connectivity index (χ2v) is 3.96. The highest BCUT2D eigenvalue weighted by Crippen LogP contribution is 2.13. The van der Waals surface area contributed by atoms with Crippen molar-refractivity contribution in [3.63, 3.8) is 0 Å². The average molecular weight is 278 g/mol. The van der Waals surface area contributed by atoms with Gasteiger partial charge in [-0.25, -0.2) is 9.37 Å². The van der Waals surface area contributed by atoms with Crippen LogP contribution >= 0.6 is 0 Å². The molecule has 0 unspecified atom stereocenters. The standard InChI is InChI=1S/C13H13FN2O2.C2H6/c1-9-6-13(17)16(2)12(15-9)8-18-11-5-3-4-10(14)7-11;1-2/h3-7H,8H2,1-2H3;1-2H3. The molecule has 2 aromatic rings. The smallest absolute Gasteiger partial charge is 0.253 e. The second-order valence-electron chi connectivity index (χ2n) is 3.96. The topological polar surface area (TPSA) is 44.1 Å². The van der Waals surface area contributed by atoms with Gasteiger partial charge in [-0.15, -0.1) is 0 Å². The van der Waals surface area contributed by atoms with Crippen LogP contribution in [0.4, 0.5) is 4.39 Å². The summed E-state index contributed by atoms with van der Waals surface area (Å²) in [7, 11) is 1.62. The van der Waals surface area contributed by atoms with E-state index in [9.17, 15) is 9.18 Å². The van der Waals surface area contributed by atoms with E-state index in [0.29, 0.717) is 17.3 Å². The molecule has 1 aromatic heterocycles. The van der Waals surface area contributed by atoms with Crippen molar-refractivity contribution >= 4 is 0 Å². The van der Waals surface area contributed by atoms with Crippen molar-refractivity contribution in [2.45, 2.75) is 27.4 Å². The van der Waals surface area contributed by atoms with Gasteiger partial charge in [0.1, 0.15) is 24.0 Å². The van der Waals surface area contributed by atoms with Gasteiger partial charge in [-0.1, -0.05) is 19.9 Å². The number of aryl methyl sites for hydroxylation is 1. The van der Waals surface area contributed by atoms with E-state index in [2.05, 4.69) is 4.98 Å². The van der Waals surface area contributed by atoms with Gasteiger partial charge in [-0.2, -0.15) is 0 Å². The number of halogens is 1. The first-order chi connectivity index (χ1) is 9.56. The first kappa shape index (κ1) is 15.9.